The van der Waals surface area contributed by atoms with Crippen molar-refractivity contribution in [2.24, 2.45) is 0 Å². The number of nitrogens with one attached hydrogen (secondary N) is 1. The van der Waals surface area contributed by atoms with Crippen molar-refractivity contribution in [3.63, 3.8) is 0 Å². The number of hydrogen-bond acceptors (Lipinski definition) is 8. The average molecular weight is 593 g/mol. The van der Waals surface area contributed by atoms with Crippen LogP contribution in [0.2, 0.25) is 0 Å². The predicted octanol–water partition coefficient (Wildman–Crippen LogP) is 4.74. The monoisotopic (exact) mass is 592 g/mol. The van der Waals surface area contributed by atoms with E-state index in [4.69, 9.17) is 9.47 Å². The first-order valence-electron chi connectivity index (χ1n) is 12.2. The zero-order chi connectivity index (χ0) is 29.3. The Hall–Kier alpha value is -3.30. The van der Waals surface area contributed by atoms with Crippen LogP contribution in [0.5, 0.6) is 5.88 Å². The van der Waals surface area contributed by atoms with Crippen LogP contribution in [-0.2, 0) is 45.5 Å². The van der Waals surface area contributed by atoms with Gasteiger partial charge < -0.3 is 19.0 Å². The maximum Gasteiger partial charge on any atom is 0.534 e. The zero-order valence-corrected chi connectivity index (χ0v) is 22.6. The fraction of sp³-hybridized carbons (Fsp3) is 0.440. The summed E-state index contributed by atoms with van der Waals surface area (Å²) in [6.07, 6.45) is 6.06. The van der Waals surface area contributed by atoms with Crippen molar-refractivity contribution in [2.45, 2.75) is 44.8 Å². The van der Waals surface area contributed by atoms with Crippen molar-refractivity contribution < 1.29 is 44.0 Å². The first-order chi connectivity index (χ1) is 19.0. The average Bonchev–Trinajstić information content (AvgIpc) is 3.55. The summed E-state index contributed by atoms with van der Waals surface area (Å²) in [6.45, 7) is 4.86. The fourth-order valence-corrected chi connectivity index (χ4v) is 4.51. The maximum absolute atomic E-state index is 14.2. The third-order valence-corrected chi connectivity index (χ3v) is 6.74. The number of hydrogen-bond donors (Lipinski definition) is 1. The molecule has 0 saturated carbocycles. The van der Waals surface area contributed by atoms with Gasteiger partial charge in [-0.3, -0.25) is 4.68 Å². The molecule has 1 aliphatic carbocycles. The summed E-state index contributed by atoms with van der Waals surface area (Å²) in [5.41, 5.74) is -4.02. The molecule has 2 aromatic rings. The molecule has 2 aliphatic rings. The number of allylic oxidation sites excluding steroid dienone is 3. The number of aromatic nitrogens is 3. The fourth-order valence-electron chi connectivity index (χ4n) is 4.07. The van der Waals surface area contributed by atoms with Gasteiger partial charge in [-0.25, -0.2) is 13.8 Å². The normalized spacial score (nSPS) is 15.6. The second kappa shape index (κ2) is 13.9. The van der Waals surface area contributed by atoms with Crippen molar-refractivity contribution in [2.75, 3.05) is 26.9 Å². The molecule has 15 heteroatoms. The lowest BCUT2D eigenvalue weighted by Gasteiger charge is -2.16. The lowest BCUT2D eigenvalue weighted by Crippen LogP contribution is -2.29. The van der Waals surface area contributed by atoms with Gasteiger partial charge in [0.1, 0.15) is 23.8 Å². The number of rotatable bonds is 9. The number of fused-ring (bicyclic) bond motifs is 2. The van der Waals surface area contributed by atoms with Gasteiger partial charge in [-0.1, -0.05) is 6.08 Å². The smallest absolute Gasteiger partial charge is 0.499 e. The number of nitrogens with zero attached hydrogens (tertiary/aromatic N) is 3. The Morgan fingerprint density at radius 1 is 1.23 bits per heavy atom. The third-order valence-electron chi connectivity index (χ3n) is 5.80. The zero-order valence-electron chi connectivity index (χ0n) is 21.8. The van der Waals surface area contributed by atoms with E-state index in [2.05, 4.69) is 19.6 Å². The van der Waals surface area contributed by atoms with Gasteiger partial charge in [-0.2, -0.15) is 26.7 Å². The highest BCUT2D eigenvalue weighted by molar-refractivity contribution is 7.87. The lowest BCUT2D eigenvalue weighted by molar-refractivity contribution is -0.0501. The minimum absolute atomic E-state index is 0.00748. The topological polar surface area (TPSA) is 105 Å². The molecule has 4 rings (SSSR count). The van der Waals surface area contributed by atoms with Crippen molar-refractivity contribution in [3.05, 3.63) is 59.0 Å². The van der Waals surface area contributed by atoms with Crippen LogP contribution in [0.15, 0.2) is 36.6 Å². The van der Waals surface area contributed by atoms with Crippen LogP contribution in [0, 0.1) is 0 Å². The Balaban J connectivity index is 0.000000482. The summed E-state index contributed by atoms with van der Waals surface area (Å²) in [7, 11) is -4.31. The molecule has 0 radical (unpaired) electrons. The quantitative estimate of drug-likeness (QED) is 0.111. The molecule has 1 N–H and O–H groups in total. The molecule has 0 aromatic carbocycles. The SMILES string of the molecule is C/C=C/OCCOC.O=S(=O)(Oc1nc(-c2cc3n(n2)CCNC3)c(C=C(F)/C=C/F)c2c1CCC2)C(F)(F)F. The molecule has 0 unspecified atom stereocenters. The predicted molar refractivity (Wildman–Crippen MR) is 137 cm³/mol. The summed E-state index contributed by atoms with van der Waals surface area (Å²) in [5, 5.41) is 7.53. The van der Waals surface area contributed by atoms with Crippen LogP contribution in [0.25, 0.3) is 17.5 Å². The molecule has 2 aromatic heterocycles. The Kier molecular flexibility index (Phi) is 10.8. The van der Waals surface area contributed by atoms with Crippen LogP contribution in [0.4, 0.5) is 22.0 Å². The van der Waals surface area contributed by atoms with Crippen molar-refractivity contribution in [1.29, 1.82) is 0 Å². The molecule has 0 spiro atoms. The molecular weight excluding hydrogens is 563 g/mol. The number of pyridine rings is 1. The molecule has 0 atom stereocenters. The minimum Gasteiger partial charge on any atom is -0.499 e. The molecule has 0 bridgehead atoms. The summed E-state index contributed by atoms with van der Waals surface area (Å²) in [6, 6.07) is 1.62. The minimum atomic E-state index is -5.97. The van der Waals surface area contributed by atoms with Gasteiger partial charge in [0.25, 0.3) is 0 Å². The van der Waals surface area contributed by atoms with Gasteiger partial charge in [-0.05, 0) is 43.9 Å². The highest BCUT2D eigenvalue weighted by Crippen LogP contribution is 2.40. The van der Waals surface area contributed by atoms with Gasteiger partial charge in [0.2, 0.25) is 5.88 Å². The number of alkyl halides is 3. The summed E-state index contributed by atoms with van der Waals surface area (Å²) in [4.78, 5) is 4.04. The van der Waals surface area contributed by atoms with Gasteiger partial charge in [0.05, 0.1) is 31.4 Å². The summed E-state index contributed by atoms with van der Waals surface area (Å²) < 4.78 is 104. The van der Waals surface area contributed by atoms with Crippen molar-refractivity contribution >= 4 is 16.2 Å². The second-order valence-corrected chi connectivity index (χ2v) is 10.1. The first-order valence-corrected chi connectivity index (χ1v) is 13.6. The molecule has 0 amide bonds. The van der Waals surface area contributed by atoms with Crippen LogP contribution >= 0.6 is 0 Å². The number of methoxy groups -OCH3 is 1. The van der Waals surface area contributed by atoms with Crippen LogP contribution in [0.3, 0.4) is 0 Å². The lowest BCUT2D eigenvalue weighted by atomic mass is 10.00. The third kappa shape index (κ3) is 7.67. The van der Waals surface area contributed by atoms with Gasteiger partial charge in [-0.15, -0.1) is 0 Å². The molecular formula is C25H29F5N4O5S. The summed E-state index contributed by atoms with van der Waals surface area (Å²) >= 11 is 0. The Labute approximate surface area is 228 Å². The number of halogens is 5. The van der Waals surface area contributed by atoms with Crippen LogP contribution in [-0.4, -0.2) is 55.6 Å². The Morgan fingerprint density at radius 2 is 1.98 bits per heavy atom. The molecule has 0 fully saturated rings. The second-order valence-electron chi connectivity index (χ2n) is 8.55. The Bertz CT molecular complexity index is 1350. The van der Waals surface area contributed by atoms with Gasteiger partial charge in [0, 0.05) is 37.4 Å². The van der Waals surface area contributed by atoms with Crippen LogP contribution < -0.4 is 9.50 Å². The molecule has 9 nitrogen and oxygen atoms in total. The van der Waals surface area contributed by atoms with E-state index in [-0.39, 0.29) is 35.3 Å². The van der Waals surface area contributed by atoms with E-state index < -0.39 is 27.3 Å². The standard InChI is InChI=1S/C19H17F5N4O3S.C6H12O2/c20-5-4-11(21)8-15-13-2-1-3-14(13)18(31-32(29,30)19(22,23)24)26-17(15)16-9-12-10-25-6-7-28(12)27-16;1-3-4-8-6-5-7-2/h4-5,8-9,25H,1-3,6-7,10H2;3-4H,5-6H2,1-2H3/b5-4+,11-8?;4-3+. The van der Waals surface area contributed by atoms with E-state index in [0.29, 0.717) is 57.3 Å². The first kappa shape index (κ1) is 31.2. The highest BCUT2D eigenvalue weighted by Gasteiger charge is 2.49. The van der Waals surface area contributed by atoms with Crippen molar-refractivity contribution in [3.8, 4) is 17.3 Å². The van der Waals surface area contributed by atoms with E-state index in [1.807, 2.05) is 13.0 Å². The Morgan fingerprint density at radius 3 is 2.62 bits per heavy atom. The van der Waals surface area contributed by atoms with Gasteiger partial charge >= 0.3 is 15.6 Å². The molecule has 40 heavy (non-hydrogen) atoms. The number of ether oxygens (including phenoxy) is 2. The van der Waals surface area contributed by atoms with Crippen molar-refractivity contribution in [1.82, 2.24) is 20.1 Å². The van der Waals surface area contributed by atoms with E-state index in [1.54, 1.807) is 24.1 Å². The van der Waals surface area contributed by atoms with E-state index >= 15 is 0 Å². The highest BCUT2D eigenvalue weighted by atomic mass is 32.2. The molecule has 3 heterocycles. The van der Waals surface area contributed by atoms with E-state index in [1.165, 1.54) is 0 Å². The molecule has 1 aliphatic heterocycles. The summed E-state index contributed by atoms with van der Waals surface area (Å²) in [5.74, 6) is -1.67. The maximum atomic E-state index is 14.2. The van der Waals surface area contributed by atoms with Crippen LogP contribution in [0.1, 0.15) is 35.7 Å². The van der Waals surface area contributed by atoms with E-state index in [9.17, 15) is 30.4 Å². The van der Waals surface area contributed by atoms with E-state index in [0.717, 1.165) is 11.8 Å². The largest absolute Gasteiger partial charge is 0.534 e. The molecule has 220 valence electrons. The molecule has 0 saturated heterocycles. The van der Waals surface area contributed by atoms with Gasteiger partial charge in [0.15, 0.2) is 0 Å².